The lowest BCUT2D eigenvalue weighted by Crippen LogP contribution is -2.65. The van der Waals surface area contributed by atoms with Gasteiger partial charge >= 0.3 is 0 Å². The highest BCUT2D eigenvalue weighted by atomic mass is 16.6. The van der Waals surface area contributed by atoms with E-state index in [-0.39, 0.29) is 11.0 Å². The third-order valence-electron chi connectivity index (χ3n) is 6.20. The zero-order valence-corrected chi connectivity index (χ0v) is 15.7. The highest BCUT2D eigenvalue weighted by Gasteiger charge is 2.51. The van der Waals surface area contributed by atoms with Crippen LogP contribution in [0.15, 0.2) is 0 Å². The molecule has 5 N–H and O–H groups in total. The first-order valence-corrected chi connectivity index (χ1v) is 8.30. The van der Waals surface area contributed by atoms with E-state index in [2.05, 4.69) is 5.32 Å². The van der Waals surface area contributed by atoms with Crippen molar-refractivity contribution in [3.05, 3.63) is 0 Å². The summed E-state index contributed by atoms with van der Waals surface area (Å²) in [6, 6.07) is -1.18. The molecule has 0 saturated carbocycles. The van der Waals surface area contributed by atoms with E-state index in [4.69, 9.17) is 9.84 Å². The van der Waals surface area contributed by atoms with E-state index in [1.54, 1.807) is 0 Å². The lowest BCUT2D eigenvalue weighted by atomic mass is 9.13. The number of amides is 1. The fraction of sp³-hybridized carbons (Fsp3) is 0.900. The monoisotopic (exact) mass is 333 g/mol. The molecule has 1 amide bonds. The van der Waals surface area contributed by atoms with Gasteiger partial charge in [-0.15, -0.1) is 5.11 Å². The number of hydrogen-bond donors (Lipinski definition) is 5. The average Bonchev–Trinajstić information content (AvgIpc) is 2.45. The van der Waals surface area contributed by atoms with Crippen molar-refractivity contribution in [3.63, 3.8) is 0 Å². The summed E-state index contributed by atoms with van der Waals surface area (Å²) in [5, 5.41) is 40.4. The van der Waals surface area contributed by atoms with Gasteiger partial charge in [-0.3, -0.25) is 4.79 Å². The standard InChI is InChI=1S/C10H26B7NO6/c11-8(12,9(13,14)10(15,16)17)7(23)18-3-5(21)4(20)2(1-19)24-6(3)22/h2-6,19-22H,1,11-17H2,(H,18,23)/t2-,3-,4-,5-,6?/m1/s1. The van der Waals surface area contributed by atoms with Gasteiger partial charge in [-0.2, -0.15) is 0 Å². The first-order chi connectivity index (χ1) is 10.7. The van der Waals surface area contributed by atoms with Gasteiger partial charge in [-0.05, 0) is 5.21 Å². The number of hydrogen-bond acceptors (Lipinski definition) is 6. The molecule has 0 radical (unpaired) electrons. The second kappa shape index (κ2) is 7.15. The van der Waals surface area contributed by atoms with E-state index in [0.717, 1.165) is 0 Å². The Hall–Kier alpha value is -0.275. The van der Waals surface area contributed by atoms with Gasteiger partial charge in [-0.25, -0.2) is 0 Å². The van der Waals surface area contributed by atoms with E-state index in [0.29, 0.717) is 0 Å². The second-order valence-electron chi connectivity index (χ2n) is 8.73. The summed E-state index contributed by atoms with van der Waals surface area (Å²) in [4.78, 5) is 12.9. The number of ether oxygens (including phenoxy) is 1. The summed E-state index contributed by atoms with van der Waals surface area (Å²) >= 11 is 0. The van der Waals surface area contributed by atoms with Gasteiger partial charge in [0.25, 0.3) is 0 Å². The van der Waals surface area contributed by atoms with E-state index in [1.807, 2.05) is 54.9 Å². The zero-order chi connectivity index (χ0) is 19.1. The first kappa shape index (κ1) is 21.8. The molecule has 1 heterocycles. The number of aliphatic hydroxyl groups excluding tert-OH is 4. The Morgan fingerprint density at radius 2 is 1.50 bits per heavy atom. The second-order valence-corrected chi connectivity index (χ2v) is 8.73. The molecule has 5 atom stereocenters. The molecule has 1 unspecified atom stereocenters. The summed E-state index contributed by atoms with van der Waals surface area (Å²) in [6.45, 7) is -0.543. The van der Waals surface area contributed by atoms with Crippen LogP contribution in [0.4, 0.5) is 0 Å². The SMILES string of the molecule is BC(B)(B)C(B)(B)C(B)(B)C(=O)N[C@H]1C(O)O[C@H](CO)[C@@H](O)[C@@H]1O. The predicted molar refractivity (Wildman–Crippen MR) is 110 cm³/mol. The molecule has 1 aliphatic rings. The molecular formula is C10H26B7NO6. The van der Waals surface area contributed by atoms with E-state index >= 15 is 0 Å². The fourth-order valence-corrected chi connectivity index (χ4v) is 2.81. The van der Waals surface area contributed by atoms with Crippen LogP contribution in [-0.2, 0) is 9.53 Å². The minimum absolute atomic E-state index is 0.171. The molecule has 14 heteroatoms. The van der Waals surface area contributed by atoms with E-state index in [1.165, 1.54) is 0 Å². The van der Waals surface area contributed by atoms with Crippen LogP contribution in [0.1, 0.15) is 0 Å². The Kier molecular flexibility index (Phi) is 6.49. The van der Waals surface area contributed by atoms with Crippen LogP contribution in [-0.4, -0.2) is 119 Å². The topological polar surface area (TPSA) is 119 Å². The van der Waals surface area contributed by atoms with Gasteiger partial charge < -0.3 is 30.5 Å². The molecule has 1 fully saturated rings. The number of aliphatic hydroxyl groups is 4. The molecule has 0 aromatic rings. The van der Waals surface area contributed by atoms with Gasteiger partial charge in [0.05, 0.1) is 45.8 Å². The largest absolute Gasteiger partial charge is 0.394 e. The molecule has 7 nitrogen and oxygen atoms in total. The van der Waals surface area contributed by atoms with Crippen LogP contribution in [0, 0.1) is 0 Å². The molecule has 1 aliphatic heterocycles. The summed E-state index contributed by atoms with van der Waals surface area (Å²) in [5.41, 5.74) is 0. The summed E-state index contributed by atoms with van der Waals surface area (Å²) in [7, 11) is 13.7. The third-order valence-corrected chi connectivity index (χ3v) is 6.20. The summed E-state index contributed by atoms with van der Waals surface area (Å²) in [6.07, 6.45) is -5.45. The van der Waals surface area contributed by atoms with Crippen molar-refractivity contribution in [2.45, 2.75) is 46.2 Å². The summed E-state index contributed by atoms with van der Waals surface area (Å²) in [5.74, 6) is -0.358. The van der Waals surface area contributed by atoms with E-state index < -0.39 is 47.7 Å². The molecule has 128 valence electrons. The zero-order valence-electron chi connectivity index (χ0n) is 15.7. The lowest BCUT2D eigenvalue weighted by Gasteiger charge is -2.52. The van der Waals surface area contributed by atoms with Gasteiger partial charge in [-0.1, -0.05) is 5.21 Å². The van der Waals surface area contributed by atoms with Gasteiger partial charge in [0.15, 0.2) is 6.29 Å². The molecule has 0 spiro atoms. The lowest BCUT2D eigenvalue weighted by molar-refractivity contribution is -0.253. The smallest absolute Gasteiger partial charge is 0.210 e. The van der Waals surface area contributed by atoms with E-state index in [9.17, 15) is 20.1 Å². The maximum absolute atomic E-state index is 12.9. The fourth-order valence-electron chi connectivity index (χ4n) is 2.81. The number of carbonyl (C=O) groups is 1. The van der Waals surface area contributed by atoms with Crippen LogP contribution in [0.5, 0.6) is 0 Å². The molecule has 1 saturated heterocycles. The van der Waals surface area contributed by atoms with Crippen LogP contribution in [0.3, 0.4) is 0 Å². The summed E-state index contributed by atoms with van der Waals surface area (Å²) < 4.78 is 5.08. The molecule has 0 aromatic heterocycles. The maximum Gasteiger partial charge on any atom is 0.210 e. The minimum atomic E-state index is -1.52. The van der Waals surface area contributed by atoms with Gasteiger partial charge in [0.1, 0.15) is 40.0 Å². The Labute approximate surface area is 149 Å². The number of rotatable bonds is 5. The highest BCUT2D eigenvalue weighted by Crippen LogP contribution is 2.54. The highest BCUT2D eigenvalue weighted by molar-refractivity contribution is 6.72. The molecule has 1 rings (SSSR count). The number of nitrogens with one attached hydrogen (secondary N) is 1. The van der Waals surface area contributed by atoms with Crippen molar-refractivity contribution in [1.82, 2.24) is 5.32 Å². The molecule has 24 heavy (non-hydrogen) atoms. The first-order valence-electron chi connectivity index (χ1n) is 8.30. The van der Waals surface area contributed by atoms with Crippen LogP contribution >= 0.6 is 0 Å². The third kappa shape index (κ3) is 3.77. The van der Waals surface area contributed by atoms with Crippen LogP contribution in [0.2, 0.25) is 15.5 Å². The van der Waals surface area contributed by atoms with Crippen molar-refractivity contribution >= 4 is 60.8 Å². The van der Waals surface area contributed by atoms with Crippen LogP contribution in [0.25, 0.3) is 0 Å². The van der Waals surface area contributed by atoms with Crippen molar-refractivity contribution in [1.29, 1.82) is 0 Å². The Morgan fingerprint density at radius 3 is 1.92 bits per heavy atom. The molecule has 0 bridgehead atoms. The maximum atomic E-state index is 12.9. The minimum Gasteiger partial charge on any atom is -0.394 e. The van der Waals surface area contributed by atoms with Gasteiger partial charge in [0.2, 0.25) is 5.91 Å². The Balaban J connectivity index is 2.98. The van der Waals surface area contributed by atoms with Crippen molar-refractivity contribution < 1.29 is 30.0 Å². The Bertz CT molecular complexity index is 473. The van der Waals surface area contributed by atoms with Crippen LogP contribution < -0.4 is 5.32 Å². The van der Waals surface area contributed by atoms with Crippen molar-refractivity contribution in [2.75, 3.05) is 6.61 Å². The predicted octanol–water partition coefficient (Wildman–Crippen LogP) is -9.36. The molecular weight excluding hydrogens is 306 g/mol. The average molecular weight is 332 g/mol. The van der Waals surface area contributed by atoms with Gasteiger partial charge in [0, 0.05) is 0 Å². The quantitative estimate of drug-likeness (QED) is 0.319. The number of carbonyl (C=O) groups excluding carboxylic acids is 1. The Morgan fingerprint density at radius 1 is 1.00 bits per heavy atom. The van der Waals surface area contributed by atoms with Crippen molar-refractivity contribution in [2.24, 2.45) is 0 Å². The normalized spacial score (nSPS) is 32.2. The molecule has 0 aliphatic carbocycles. The van der Waals surface area contributed by atoms with Crippen molar-refractivity contribution in [3.8, 4) is 0 Å². The molecule has 0 aromatic carbocycles.